The van der Waals surface area contributed by atoms with Crippen LogP contribution in [-0.2, 0) is 9.59 Å². The van der Waals surface area contributed by atoms with E-state index < -0.39 is 23.8 Å². The summed E-state index contributed by atoms with van der Waals surface area (Å²) in [4.78, 5) is 47.3. The fourth-order valence-electron chi connectivity index (χ4n) is 3.74. The van der Waals surface area contributed by atoms with Crippen LogP contribution in [0.3, 0.4) is 0 Å². The van der Waals surface area contributed by atoms with E-state index in [2.05, 4.69) is 10.6 Å². The maximum Gasteiger partial charge on any atom is 0.335 e. The van der Waals surface area contributed by atoms with Gasteiger partial charge >= 0.3 is 11.9 Å². The third-order valence-electron chi connectivity index (χ3n) is 5.32. The number of nitrogens with one attached hydrogen (secondary N) is 2. The Morgan fingerprint density at radius 1 is 0.697 bits per heavy atom. The van der Waals surface area contributed by atoms with Crippen LogP contribution in [-0.4, -0.2) is 34.0 Å². The Bertz CT molecular complexity index is 1350. The van der Waals surface area contributed by atoms with E-state index in [9.17, 15) is 29.4 Å². The van der Waals surface area contributed by atoms with Gasteiger partial charge in [0.25, 0.3) is 11.8 Å². The highest BCUT2D eigenvalue weighted by molar-refractivity contribution is 6.35. The second kappa shape index (κ2) is 7.34. The van der Waals surface area contributed by atoms with E-state index in [4.69, 9.17) is 4.42 Å². The van der Waals surface area contributed by atoms with Gasteiger partial charge in [0.05, 0.1) is 22.3 Å². The van der Waals surface area contributed by atoms with E-state index >= 15 is 0 Å². The zero-order valence-corrected chi connectivity index (χ0v) is 16.7. The fraction of sp³-hybridized carbons (Fsp3) is 0. The molecule has 33 heavy (non-hydrogen) atoms. The molecule has 3 heterocycles. The van der Waals surface area contributed by atoms with Crippen LogP contribution in [0.1, 0.15) is 43.4 Å². The predicted molar refractivity (Wildman–Crippen MR) is 119 cm³/mol. The van der Waals surface area contributed by atoms with Gasteiger partial charge in [0.2, 0.25) is 0 Å². The average molecular weight is 442 g/mol. The molecule has 3 aromatic rings. The standard InChI is InChI=1S/C24H14N2O7/c27-21-17(15-7-11(23(29)30)1-5-19(15)25-21)9-13-3-4-14(33-13)10-18-16-8-12(24(31)32)2-6-20(16)26-22(18)28/h1-10H,(H,25,27)(H,26,28)(H,29,30)(H,31,32). The van der Waals surface area contributed by atoms with E-state index in [1.807, 2.05) is 0 Å². The summed E-state index contributed by atoms with van der Waals surface area (Å²) in [6, 6.07) is 11.9. The lowest BCUT2D eigenvalue weighted by Crippen LogP contribution is -2.03. The molecule has 4 N–H and O–H groups in total. The molecule has 0 spiro atoms. The van der Waals surface area contributed by atoms with Gasteiger partial charge in [0, 0.05) is 22.5 Å². The lowest BCUT2D eigenvalue weighted by molar-refractivity contribution is -0.111. The second-order valence-corrected chi connectivity index (χ2v) is 7.40. The molecule has 0 bridgehead atoms. The van der Waals surface area contributed by atoms with Crippen LogP contribution in [0.4, 0.5) is 11.4 Å². The molecule has 2 aromatic carbocycles. The van der Waals surface area contributed by atoms with Crippen LogP contribution in [0.25, 0.3) is 23.3 Å². The number of furan rings is 1. The van der Waals surface area contributed by atoms with Crippen LogP contribution in [0, 0.1) is 0 Å². The molecule has 0 radical (unpaired) electrons. The van der Waals surface area contributed by atoms with E-state index in [1.54, 1.807) is 12.1 Å². The maximum atomic E-state index is 12.4. The van der Waals surface area contributed by atoms with Crippen molar-refractivity contribution >= 4 is 58.4 Å². The Labute approximate surface area is 185 Å². The Morgan fingerprint density at radius 3 is 1.52 bits per heavy atom. The molecule has 5 rings (SSSR count). The minimum Gasteiger partial charge on any atom is -0.478 e. The number of hydrogen-bond acceptors (Lipinski definition) is 5. The first kappa shape index (κ1) is 20.0. The molecular formula is C24H14N2O7. The molecule has 0 atom stereocenters. The average Bonchev–Trinajstić information content (AvgIpc) is 3.44. The molecule has 162 valence electrons. The molecular weight excluding hydrogens is 428 g/mol. The van der Waals surface area contributed by atoms with Crippen LogP contribution < -0.4 is 10.6 Å². The fourth-order valence-corrected chi connectivity index (χ4v) is 3.74. The van der Waals surface area contributed by atoms with E-state index in [-0.39, 0.29) is 22.3 Å². The largest absolute Gasteiger partial charge is 0.478 e. The summed E-state index contributed by atoms with van der Waals surface area (Å²) in [5.74, 6) is -2.37. The van der Waals surface area contributed by atoms with Gasteiger partial charge in [-0.25, -0.2) is 9.59 Å². The van der Waals surface area contributed by atoms with Crippen molar-refractivity contribution in [1.29, 1.82) is 0 Å². The highest BCUT2D eigenvalue weighted by Gasteiger charge is 2.27. The molecule has 9 nitrogen and oxygen atoms in total. The third-order valence-corrected chi connectivity index (χ3v) is 5.32. The Balaban J connectivity index is 1.50. The summed E-state index contributed by atoms with van der Waals surface area (Å²) in [6.45, 7) is 0. The molecule has 2 aliphatic rings. The normalized spacial score (nSPS) is 16.5. The topological polar surface area (TPSA) is 146 Å². The van der Waals surface area contributed by atoms with E-state index in [1.165, 1.54) is 48.6 Å². The van der Waals surface area contributed by atoms with Crippen molar-refractivity contribution in [3.8, 4) is 0 Å². The summed E-state index contributed by atoms with van der Waals surface area (Å²) >= 11 is 0. The van der Waals surface area contributed by atoms with Crippen molar-refractivity contribution in [2.75, 3.05) is 10.6 Å². The van der Waals surface area contributed by atoms with Crippen molar-refractivity contribution < 1.29 is 33.8 Å². The first-order chi connectivity index (χ1) is 15.8. The van der Waals surface area contributed by atoms with E-state index in [0.717, 1.165) is 0 Å². The highest BCUT2D eigenvalue weighted by Crippen LogP contribution is 2.36. The smallest absolute Gasteiger partial charge is 0.335 e. The zero-order chi connectivity index (χ0) is 23.3. The summed E-state index contributed by atoms with van der Waals surface area (Å²) in [6.07, 6.45) is 2.97. The molecule has 1 aromatic heterocycles. The van der Waals surface area contributed by atoms with Crippen LogP contribution in [0.15, 0.2) is 52.9 Å². The maximum absolute atomic E-state index is 12.4. The molecule has 9 heteroatoms. The quantitative estimate of drug-likeness (QED) is 0.451. The number of benzene rings is 2. The molecule has 0 fully saturated rings. The number of hydrogen-bond donors (Lipinski definition) is 4. The van der Waals surface area contributed by atoms with Gasteiger partial charge in [-0.1, -0.05) is 0 Å². The molecule has 0 saturated carbocycles. The van der Waals surface area contributed by atoms with Gasteiger partial charge in [-0.2, -0.15) is 0 Å². The zero-order valence-electron chi connectivity index (χ0n) is 16.7. The molecule has 2 aliphatic heterocycles. The number of amides is 2. The predicted octanol–water partition coefficient (Wildman–Crippen LogP) is 3.66. The number of fused-ring (bicyclic) bond motifs is 2. The first-order valence-electron chi connectivity index (χ1n) is 9.71. The molecule has 0 saturated heterocycles. The van der Waals surface area contributed by atoms with Gasteiger partial charge in [-0.3, -0.25) is 9.59 Å². The number of carboxylic acids is 2. The summed E-state index contributed by atoms with van der Waals surface area (Å²) < 4.78 is 5.74. The van der Waals surface area contributed by atoms with Gasteiger partial charge in [0.15, 0.2) is 0 Å². The van der Waals surface area contributed by atoms with Gasteiger partial charge in [0.1, 0.15) is 11.5 Å². The Morgan fingerprint density at radius 2 is 1.12 bits per heavy atom. The second-order valence-electron chi connectivity index (χ2n) is 7.40. The first-order valence-corrected chi connectivity index (χ1v) is 9.71. The lowest BCUT2D eigenvalue weighted by atomic mass is 10.0. The highest BCUT2D eigenvalue weighted by atomic mass is 16.4. The minimum atomic E-state index is -1.11. The lowest BCUT2D eigenvalue weighted by Gasteiger charge is -2.00. The molecule has 0 aliphatic carbocycles. The Kier molecular flexibility index (Phi) is 4.45. The summed E-state index contributed by atoms with van der Waals surface area (Å²) in [5.41, 5.74) is 2.48. The van der Waals surface area contributed by atoms with Gasteiger partial charge < -0.3 is 25.3 Å². The van der Waals surface area contributed by atoms with Crippen LogP contribution >= 0.6 is 0 Å². The minimum absolute atomic E-state index is 0.0488. The number of carboxylic acid groups (broad SMARTS) is 2. The van der Waals surface area contributed by atoms with Crippen molar-refractivity contribution in [1.82, 2.24) is 0 Å². The number of anilines is 2. The third kappa shape index (κ3) is 3.47. The van der Waals surface area contributed by atoms with Crippen molar-refractivity contribution in [3.05, 3.63) is 82.3 Å². The number of rotatable bonds is 4. The van der Waals surface area contributed by atoms with Crippen LogP contribution in [0.5, 0.6) is 0 Å². The Hall–Kier alpha value is -4.92. The number of carbonyl (C=O) groups is 4. The van der Waals surface area contributed by atoms with Crippen molar-refractivity contribution in [2.24, 2.45) is 0 Å². The monoisotopic (exact) mass is 442 g/mol. The van der Waals surface area contributed by atoms with Crippen LogP contribution in [0.2, 0.25) is 0 Å². The SMILES string of the molecule is O=C1Nc2ccc(C(=O)O)cc2C1=Cc1ccc(C=C2C(=O)Nc3ccc(C(=O)O)cc32)o1. The van der Waals surface area contributed by atoms with Gasteiger partial charge in [-0.15, -0.1) is 0 Å². The molecule has 2 amide bonds. The number of aromatic carboxylic acids is 2. The van der Waals surface area contributed by atoms with E-state index in [0.29, 0.717) is 34.0 Å². The van der Waals surface area contributed by atoms with Crippen molar-refractivity contribution in [3.63, 3.8) is 0 Å². The summed E-state index contributed by atoms with van der Waals surface area (Å²) in [5, 5.41) is 23.8. The molecule has 0 unspecified atom stereocenters. The summed E-state index contributed by atoms with van der Waals surface area (Å²) in [7, 11) is 0. The van der Waals surface area contributed by atoms with Crippen molar-refractivity contribution in [2.45, 2.75) is 0 Å². The van der Waals surface area contributed by atoms with Gasteiger partial charge in [-0.05, 0) is 60.7 Å². The number of carbonyl (C=O) groups excluding carboxylic acids is 2.